The number of thioether (sulfide) groups is 3. The van der Waals surface area contributed by atoms with E-state index in [1.807, 2.05) is 35.7 Å². The lowest BCUT2D eigenvalue weighted by atomic mass is 10.0. The molecule has 2 aromatic carbocycles. The zero-order chi connectivity index (χ0) is 41.1. The summed E-state index contributed by atoms with van der Waals surface area (Å²) in [5.74, 6) is 0. The predicted octanol–water partition coefficient (Wildman–Crippen LogP) is 11.8. The average molecular weight is 865 g/mol. The Kier molecular flexibility index (Phi) is 16.3. The summed E-state index contributed by atoms with van der Waals surface area (Å²) in [6.45, 7) is 30.4. The van der Waals surface area contributed by atoms with Crippen LogP contribution >= 0.6 is 35.3 Å². The van der Waals surface area contributed by atoms with E-state index in [1.54, 1.807) is 18.9 Å². The van der Waals surface area contributed by atoms with Gasteiger partial charge in [0.25, 0.3) is 0 Å². The van der Waals surface area contributed by atoms with Crippen molar-refractivity contribution in [3.8, 4) is 0 Å². The van der Waals surface area contributed by atoms with Gasteiger partial charge in [-0.3, -0.25) is 0 Å². The third kappa shape index (κ3) is 11.9. The fraction of sp³-hybridized carbons (Fsp3) is 0.727. The van der Waals surface area contributed by atoms with Gasteiger partial charge in [-0.15, -0.1) is 23.5 Å². The Labute approximate surface area is 354 Å². The van der Waals surface area contributed by atoms with E-state index in [0.717, 1.165) is 29.7 Å². The Morgan fingerprint density at radius 3 is 1.82 bits per heavy atom. The molecular weight excluding hydrogens is 793 g/mol. The number of methoxy groups -OCH3 is 1. The molecule has 7 nitrogen and oxygen atoms in total. The fourth-order valence-electron chi connectivity index (χ4n) is 7.12. The molecule has 0 amide bonds. The van der Waals surface area contributed by atoms with E-state index in [1.165, 1.54) is 0 Å². The van der Waals surface area contributed by atoms with Crippen LogP contribution in [0.15, 0.2) is 65.6 Å². The van der Waals surface area contributed by atoms with Crippen LogP contribution in [0.5, 0.6) is 0 Å². The molecule has 3 aliphatic rings. The number of ether oxygens (including phenoxy) is 5. The van der Waals surface area contributed by atoms with E-state index in [2.05, 4.69) is 137 Å². The molecule has 3 heterocycles. The van der Waals surface area contributed by atoms with Crippen molar-refractivity contribution in [2.45, 2.75) is 199 Å². The van der Waals surface area contributed by atoms with Crippen LogP contribution in [0.1, 0.15) is 87.1 Å². The molecular formula is C44H72O7S3Si2. The molecule has 0 N–H and O–H groups in total. The van der Waals surface area contributed by atoms with Crippen molar-refractivity contribution >= 4 is 51.9 Å². The molecule has 3 saturated heterocycles. The second-order valence-electron chi connectivity index (χ2n) is 19.0. The van der Waals surface area contributed by atoms with Gasteiger partial charge in [-0.25, -0.2) is 0 Å². The van der Waals surface area contributed by atoms with E-state index in [-0.39, 0.29) is 74.4 Å². The summed E-state index contributed by atoms with van der Waals surface area (Å²) < 4.78 is 47.8. The molecule has 0 saturated carbocycles. The maximum absolute atomic E-state index is 7.24. The second kappa shape index (κ2) is 19.6. The lowest BCUT2D eigenvalue weighted by Gasteiger charge is -2.50. The number of benzene rings is 2. The van der Waals surface area contributed by atoms with Gasteiger partial charge in [-0.05, 0) is 87.6 Å². The van der Waals surface area contributed by atoms with Crippen molar-refractivity contribution in [2.75, 3.05) is 7.11 Å². The summed E-state index contributed by atoms with van der Waals surface area (Å²) in [4.78, 5) is 1.16. The smallest absolute Gasteiger partial charge is 0.192 e. The topological polar surface area (TPSA) is 64.6 Å². The Balaban J connectivity index is 1.28. The highest BCUT2D eigenvalue weighted by molar-refractivity contribution is 8.01. The monoisotopic (exact) mass is 864 g/mol. The summed E-state index contributed by atoms with van der Waals surface area (Å²) in [6.07, 6.45) is 2.23. The zero-order valence-corrected chi connectivity index (χ0v) is 41.1. The Bertz CT molecular complexity index is 1490. The molecule has 0 radical (unpaired) electrons. The van der Waals surface area contributed by atoms with E-state index >= 15 is 0 Å². The molecule has 0 bridgehead atoms. The quantitative estimate of drug-likeness (QED) is 0.172. The maximum atomic E-state index is 7.24. The fourth-order valence-corrected chi connectivity index (χ4v) is 14.4. The third-order valence-electron chi connectivity index (χ3n) is 12.6. The van der Waals surface area contributed by atoms with Gasteiger partial charge in [0.2, 0.25) is 0 Å². The number of hydrogen-bond donors (Lipinski definition) is 0. The number of rotatable bonds is 14. The molecule has 0 aromatic heterocycles. The average Bonchev–Trinajstić information content (AvgIpc) is 3.10. The normalized spacial score (nSPS) is 33.7. The Morgan fingerprint density at radius 2 is 1.23 bits per heavy atom. The molecule has 12 atom stereocenters. The molecule has 3 aliphatic heterocycles. The SMILES string of the molecule is COC1C(Sc2ccccc2)OC(C)C(OCc2ccccc2)C1SC1CCC(SC2CC(O[Si](C)(C)C(C)(C)C)C(O[Si](C)(C)C(C)(C)C)C(C)O2)C(C)O1. The summed E-state index contributed by atoms with van der Waals surface area (Å²) in [6, 6.07) is 20.8. The molecule has 316 valence electrons. The summed E-state index contributed by atoms with van der Waals surface area (Å²) >= 11 is 5.53. The van der Waals surface area contributed by atoms with Gasteiger partial charge in [0.1, 0.15) is 22.4 Å². The largest absolute Gasteiger partial charge is 0.411 e. The molecule has 3 fully saturated rings. The molecule has 0 spiro atoms. The van der Waals surface area contributed by atoms with Crippen molar-refractivity contribution in [1.82, 2.24) is 0 Å². The summed E-state index contributed by atoms with van der Waals surface area (Å²) in [7, 11) is -2.33. The molecule has 0 aliphatic carbocycles. The van der Waals surface area contributed by atoms with Crippen molar-refractivity contribution in [3.63, 3.8) is 0 Å². The summed E-state index contributed by atoms with van der Waals surface area (Å²) in [5.41, 5.74) is 1.00. The number of hydrogen-bond acceptors (Lipinski definition) is 10. The van der Waals surface area contributed by atoms with Crippen LogP contribution in [0.3, 0.4) is 0 Å². The van der Waals surface area contributed by atoms with Crippen LogP contribution in [0, 0.1) is 0 Å². The van der Waals surface area contributed by atoms with E-state index in [9.17, 15) is 0 Å². The van der Waals surface area contributed by atoms with Gasteiger partial charge < -0.3 is 32.5 Å². The minimum Gasteiger partial charge on any atom is -0.411 e. The van der Waals surface area contributed by atoms with Crippen molar-refractivity contribution < 1.29 is 32.5 Å². The van der Waals surface area contributed by atoms with E-state index in [4.69, 9.17) is 32.5 Å². The Hall–Kier alpha value is -0.356. The highest BCUT2D eigenvalue weighted by Crippen LogP contribution is 2.48. The molecule has 56 heavy (non-hydrogen) atoms. The minimum absolute atomic E-state index is 0.00889. The molecule has 12 heteroatoms. The van der Waals surface area contributed by atoms with Crippen LogP contribution in [0.25, 0.3) is 0 Å². The first-order chi connectivity index (χ1) is 26.2. The van der Waals surface area contributed by atoms with E-state index in [0.29, 0.717) is 11.9 Å². The van der Waals surface area contributed by atoms with Crippen LogP contribution in [-0.2, 0) is 39.1 Å². The second-order valence-corrected chi connectivity index (χ2v) is 32.4. The minimum atomic E-state index is -2.07. The highest BCUT2D eigenvalue weighted by Gasteiger charge is 2.51. The molecule has 5 rings (SSSR count). The van der Waals surface area contributed by atoms with Crippen LogP contribution < -0.4 is 0 Å². The molecule has 2 aromatic rings. The lowest BCUT2D eigenvalue weighted by Crippen LogP contribution is -2.58. The van der Waals surface area contributed by atoms with Crippen LogP contribution in [-0.4, -0.2) is 93.3 Å². The lowest BCUT2D eigenvalue weighted by molar-refractivity contribution is -0.157. The maximum Gasteiger partial charge on any atom is 0.192 e. The first-order valence-corrected chi connectivity index (χ1v) is 29.3. The molecule has 12 unspecified atom stereocenters. The van der Waals surface area contributed by atoms with Crippen molar-refractivity contribution in [3.05, 3.63) is 66.2 Å². The van der Waals surface area contributed by atoms with Crippen LogP contribution in [0.4, 0.5) is 0 Å². The van der Waals surface area contributed by atoms with Gasteiger partial charge in [-0.2, -0.15) is 0 Å². The zero-order valence-electron chi connectivity index (χ0n) is 36.6. The first kappa shape index (κ1) is 46.7. The highest BCUT2D eigenvalue weighted by atomic mass is 32.2. The van der Waals surface area contributed by atoms with Gasteiger partial charge in [0, 0.05) is 23.7 Å². The Morgan fingerprint density at radius 1 is 0.661 bits per heavy atom. The van der Waals surface area contributed by atoms with Gasteiger partial charge >= 0.3 is 0 Å². The van der Waals surface area contributed by atoms with Gasteiger partial charge in [0.15, 0.2) is 16.6 Å². The summed E-state index contributed by atoms with van der Waals surface area (Å²) in [5, 5.41) is 0.537. The first-order valence-electron chi connectivity index (χ1n) is 20.7. The van der Waals surface area contributed by atoms with Gasteiger partial charge in [0.05, 0.1) is 48.5 Å². The predicted molar refractivity (Wildman–Crippen MR) is 242 cm³/mol. The van der Waals surface area contributed by atoms with Gasteiger partial charge in [-0.1, -0.05) is 102 Å². The van der Waals surface area contributed by atoms with Crippen LogP contribution in [0.2, 0.25) is 36.3 Å². The van der Waals surface area contributed by atoms with Crippen molar-refractivity contribution in [1.29, 1.82) is 0 Å². The van der Waals surface area contributed by atoms with Crippen molar-refractivity contribution in [2.24, 2.45) is 0 Å². The third-order valence-corrected chi connectivity index (χ3v) is 25.8. The standard InChI is InChI=1S/C44H72O7S3Si2/c1-29-35(53-37-27-34(50-55(11,12)43(4,5)6)38(30(2)48-37)51-56(13,14)44(7,8)9)25-26-36(47-29)54-41-39(46-28-32-21-17-15-18-22-32)31(3)49-42(40(41)45-10)52-33-23-19-16-20-24-33/h15-24,29-31,34-42H,25-28H2,1-14H3. The van der Waals surface area contributed by atoms with E-state index < -0.39 is 16.6 Å².